The third-order valence-corrected chi connectivity index (χ3v) is 2.91. The van der Waals surface area contributed by atoms with Crippen molar-refractivity contribution in [3.63, 3.8) is 0 Å². The first-order valence-corrected chi connectivity index (χ1v) is 5.96. The highest BCUT2D eigenvalue weighted by Gasteiger charge is 2.02. The van der Waals surface area contributed by atoms with Gasteiger partial charge in [-0.15, -0.1) is 10.2 Å². The number of hydrogen-bond donors (Lipinski definition) is 1. The molecule has 0 fully saturated rings. The highest BCUT2D eigenvalue weighted by atomic mass is 79.9. The van der Waals surface area contributed by atoms with Crippen molar-refractivity contribution < 1.29 is 4.74 Å². The van der Waals surface area contributed by atoms with E-state index >= 15 is 0 Å². The molecule has 0 radical (unpaired) electrons. The zero-order valence-corrected chi connectivity index (χ0v) is 11.3. The number of methoxy groups -OCH3 is 1. The molecule has 0 unspecified atom stereocenters. The molecule has 0 saturated carbocycles. The zero-order chi connectivity index (χ0) is 12.3. The van der Waals surface area contributed by atoms with Crippen molar-refractivity contribution in [2.45, 2.75) is 0 Å². The number of aromatic nitrogens is 2. The van der Waals surface area contributed by atoms with E-state index in [1.165, 1.54) is 0 Å². The summed E-state index contributed by atoms with van der Waals surface area (Å²) in [5.74, 6) is 1.37. The van der Waals surface area contributed by atoms with Crippen molar-refractivity contribution in [2.75, 3.05) is 12.4 Å². The molecular formula is C11H9BrClN3O. The normalized spacial score (nSPS) is 10.1. The van der Waals surface area contributed by atoms with Gasteiger partial charge in [-0.25, -0.2) is 0 Å². The van der Waals surface area contributed by atoms with Crippen LogP contribution in [-0.4, -0.2) is 17.3 Å². The lowest BCUT2D eigenvalue weighted by molar-refractivity contribution is 0.412. The number of anilines is 2. The first-order chi connectivity index (χ1) is 8.19. The van der Waals surface area contributed by atoms with Gasteiger partial charge >= 0.3 is 0 Å². The van der Waals surface area contributed by atoms with E-state index in [1.807, 2.05) is 18.2 Å². The Morgan fingerprint density at radius 3 is 2.71 bits per heavy atom. The van der Waals surface area contributed by atoms with E-state index < -0.39 is 0 Å². The maximum absolute atomic E-state index is 5.66. The lowest BCUT2D eigenvalue weighted by Crippen LogP contribution is -1.95. The molecule has 0 saturated heterocycles. The van der Waals surface area contributed by atoms with Gasteiger partial charge in [-0.1, -0.05) is 11.6 Å². The van der Waals surface area contributed by atoms with Gasteiger partial charge in [-0.3, -0.25) is 0 Å². The van der Waals surface area contributed by atoms with E-state index in [9.17, 15) is 0 Å². The average Bonchev–Trinajstić information content (AvgIpc) is 2.34. The summed E-state index contributed by atoms with van der Waals surface area (Å²) >= 11 is 9.04. The van der Waals surface area contributed by atoms with Crippen LogP contribution in [0.25, 0.3) is 0 Å². The first kappa shape index (κ1) is 12.1. The van der Waals surface area contributed by atoms with Crippen LogP contribution in [0.1, 0.15) is 0 Å². The highest BCUT2D eigenvalue weighted by Crippen LogP contribution is 2.28. The Kier molecular flexibility index (Phi) is 3.81. The van der Waals surface area contributed by atoms with Gasteiger partial charge in [-0.2, -0.15) is 0 Å². The van der Waals surface area contributed by atoms with Crippen molar-refractivity contribution in [1.29, 1.82) is 0 Å². The lowest BCUT2D eigenvalue weighted by atomic mass is 10.3. The van der Waals surface area contributed by atoms with Gasteiger partial charge in [0.15, 0.2) is 11.0 Å². The monoisotopic (exact) mass is 313 g/mol. The molecular weight excluding hydrogens is 305 g/mol. The fourth-order valence-electron chi connectivity index (χ4n) is 1.27. The minimum absolute atomic E-state index is 0.365. The van der Waals surface area contributed by atoms with Gasteiger partial charge in [0.2, 0.25) is 0 Å². The molecule has 17 heavy (non-hydrogen) atoms. The molecule has 2 aromatic rings. The molecule has 1 heterocycles. The van der Waals surface area contributed by atoms with E-state index in [4.69, 9.17) is 16.3 Å². The molecule has 6 heteroatoms. The predicted octanol–water partition coefficient (Wildman–Crippen LogP) is 3.64. The van der Waals surface area contributed by atoms with E-state index in [0.717, 1.165) is 15.9 Å². The smallest absolute Gasteiger partial charge is 0.153 e. The number of ether oxygens (including phenoxy) is 1. The van der Waals surface area contributed by atoms with Crippen LogP contribution in [0.4, 0.5) is 11.5 Å². The molecule has 0 bridgehead atoms. The second-order valence-electron chi connectivity index (χ2n) is 3.22. The van der Waals surface area contributed by atoms with E-state index in [-0.39, 0.29) is 0 Å². The molecule has 1 aromatic carbocycles. The highest BCUT2D eigenvalue weighted by molar-refractivity contribution is 9.10. The summed E-state index contributed by atoms with van der Waals surface area (Å²) in [6, 6.07) is 9.09. The molecule has 0 aliphatic rings. The molecule has 1 aromatic heterocycles. The Morgan fingerprint density at radius 2 is 2.06 bits per heavy atom. The minimum atomic E-state index is 0.365. The number of rotatable bonds is 3. The summed E-state index contributed by atoms with van der Waals surface area (Å²) in [6.07, 6.45) is 0. The zero-order valence-electron chi connectivity index (χ0n) is 8.95. The van der Waals surface area contributed by atoms with Gasteiger partial charge in [0.05, 0.1) is 11.6 Å². The van der Waals surface area contributed by atoms with Crippen molar-refractivity contribution in [3.8, 4) is 5.75 Å². The van der Waals surface area contributed by atoms with Crippen LogP contribution < -0.4 is 10.1 Å². The van der Waals surface area contributed by atoms with Crippen molar-refractivity contribution in [1.82, 2.24) is 10.2 Å². The van der Waals surface area contributed by atoms with Crippen LogP contribution >= 0.6 is 27.5 Å². The second kappa shape index (κ2) is 5.33. The molecule has 0 aliphatic carbocycles. The number of halogens is 2. The largest absolute Gasteiger partial charge is 0.495 e. The van der Waals surface area contributed by atoms with Crippen LogP contribution in [0.3, 0.4) is 0 Å². The standard InChI is InChI=1S/C11H9BrClN3O/c1-17-9-6-7(2-3-8(9)12)14-11-5-4-10(13)15-16-11/h2-6H,1H3,(H,14,16). The van der Waals surface area contributed by atoms with Crippen molar-refractivity contribution >= 4 is 39.0 Å². The Labute approximate surface area is 112 Å². The van der Waals surface area contributed by atoms with Crippen LogP contribution in [0.5, 0.6) is 5.75 Å². The molecule has 2 rings (SSSR count). The van der Waals surface area contributed by atoms with Gasteiger partial charge in [0.25, 0.3) is 0 Å². The number of nitrogens with one attached hydrogen (secondary N) is 1. The van der Waals surface area contributed by atoms with Gasteiger partial charge in [-0.05, 0) is 40.2 Å². The van der Waals surface area contributed by atoms with Crippen LogP contribution in [-0.2, 0) is 0 Å². The van der Waals surface area contributed by atoms with Gasteiger partial charge in [0.1, 0.15) is 5.75 Å². The maximum Gasteiger partial charge on any atom is 0.153 e. The van der Waals surface area contributed by atoms with Gasteiger partial charge < -0.3 is 10.1 Å². The minimum Gasteiger partial charge on any atom is -0.495 e. The lowest BCUT2D eigenvalue weighted by Gasteiger charge is -2.08. The summed E-state index contributed by atoms with van der Waals surface area (Å²) in [5, 5.41) is 11.1. The summed E-state index contributed by atoms with van der Waals surface area (Å²) in [4.78, 5) is 0. The third-order valence-electron chi connectivity index (χ3n) is 2.06. The molecule has 0 atom stereocenters. The quantitative estimate of drug-likeness (QED) is 0.939. The second-order valence-corrected chi connectivity index (χ2v) is 4.46. The van der Waals surface area contributed by atoms with Crippen molar-refractivity contribution in [2.24, 2.45) is 0 Å². The van der Waals surface area contributed by atoms with Gasteiger partial charge in [0, 0.05) is 11.8 Å². The Morgan fingerprint density at radius 1 is 1.24 bits per heavy atom. The van der Waals surface area contributed by atoms with Crippen LogP contribution in [0.15, 0.2) is 34.8 Å². The Bertz CT molecular complexity index is 519. The molecule has 1 N–H and O–H groups in total. The fraction of sp³-hybridized carbons (Fsp3) is 0.0909. The van der Waals surface area contributed by atoms with E-state index in [2.05, 4.69) is 31.4 Å². The number of hydrogen-bond acceptors (Lipinski definition) is 4. The molecule has 88 valence electrons. The summed E-state index contributed by atoms with van der Waals surface area (Å²) in [7, 11) is 1.62. The summed E-state index contributed by atoms with van der Waals surface area (Å²) < 4.78 is 6.09. The molecule has 0 aliphatic heterocycles. The van der Waals surface area contributed by atoms with E-state index in [0.29, 0.717) is 11.0 Å². The Hall–Kier alpha value is -1.33. The number of benzene rings is 1. The number of nitrogens with zero attached hydrogens (tertiary/aromatic N) is 2. The third kappa shape index (κ3) is 3.08. The van der Waals surface area contributed by atoms with E-state index in [1.54, 1.807) is 19.2 Å². The summed E-state index contributed by atoms with van der Waals surface area (Å²) in [5.41, 5.74) is 0.863. The average molecular weight is 315 g/mol. The predicted molar refractivity (Wildman–Crippen MR) is 71.0 cm³/mol. The topological polar surface area (TPSA) is 47.0 Å². The van der Waals surface area contributed by atoms with Crippen LogP contribution in [0, 0.1) is 0 Å². The SMILES string of the molecule is COc1cc(Nc2ccc(Cl)nn2)ccc1Br. The summed E-state index contributed by atoms with van der Waals surface area (Å²) in [6.45, 7) is 0. The Balaban J connectivity index is 2.21. The fourth-order valence-corrected chi connectivity index (χ4v) is 1.78. The molecule has 0 spiro atoms. The van der Waals surface area contributed by atoms with Crippen LogP contribution in [0.2, 0.25) is 5.15 Å². The van der Waals surface area contributed by atoms with Crippen molar-refractivity contribution in [3.05, 3.63) is 40.0 Å². The molecule has 0 amide bonds. The maximum atomic E-state index is 5.66. The molecule has 4 nitrogen and oxygen atoms in total. The first-order valence-electron chi connectivity index (χ1n) is 4.79.